The molecule has 1 amide bonds. The predicted molar refractivity (Wildman–Crippen MR) is 119 cm³/mol. The molecule has 0 radical (unpaired) electrons. The van der Waals surface area contributed by atoms with E-state index < -0.39 is 0 Å². The Hall–Kier alpha value is -2.64. The van der Waals surface area contributed by atoms with E-state index in [1.807, 2.05) is 30.9 Å². The highest BCUT2D eigenvalue weighted by Crippen LogP contribution is 2.34. The van der Waals surface area contributed by atoms with Crippen LogP contribution in [0.5, 0.6) is 17.2 Å². The topological polar surface area (TPSA) is 84.4 Å². The molecule has 1 aliphatic rings. The van der Waals surface area contributed by atoms with Crippen molar-refractivity contribution < 1.29 is 19.0 Å². The molecule has 1 aliphatic heterocycles. The summed E-state index contributed by atoms with van der Waals surface area (Å²) in [5, 5.41) is 6.84. The van der Waals surface area contributed by atoms with E-state index in [0.717, 1.165) is 49.0 Å². The van der Waals surface area contributed by atoms with Crippen molar-refractivity contribution in [2.24, 2.45) is 10.9 Å². The van der Waals surface area contributed by atoms with Crippen molar-refractivity contribution in [1.82, 2.24) is 15.5 Å². The number of ether oxygens (including phenoxy) is 3. The lowest BCUT2D eigenvalue weighted by Gasteiger charge is -2.34. The maximum absolute atomic E-state index is 12.1. The molecule has 1 aromatic carbocycles. The van der Waals surface area contributed by atoms with Crippen molar-refractivity contribution in [2.45, 2.75) is 39.2 Å². The molecule has 8 nitrogen and oxygen atoms in total. The fraction of sp³-hybridized carbons (Fsp3) is 0.636. The lowest BCUT2D eigenvalue weighted by atomic mass is 10.0. The monoisotopic (exact) mass is 420 g/mol. The van der Waals surface area contributed by atoms with Crippen LogP contribution in [0.15, 0.2) is 17.1 Å². The molecule has 8 heteroatoms. The molecule has 30 heavy (non-hydrogen) atoms. The molecular formula is C22H36N4O4. The minimum absolute atomic E-state index is 0.0517. The van der Waals surface area contributed by atoms with Crippen LogP contribution in [-0.2, 0) is 11.2 Å². The minimum Gasteiger partial charge on any atom is -0.496 e. The third-order valence-electron chi connectivity index (χ3n) is 5.35. The number of rotatable bonds is 8. The van der Waals surface area contributed by atoms with Gasteiger partial charge < -0.3 is 29.7 Å². The number of aliphatic imine (C=N–C) groups is 1. The number of hydrogen-bond acceptors (Lipinski definition) is 5. The molecule has 0 saturated carbocycles. The Bertz CT molecular complexity index is 703. The number of hydrogen-bond donors (Lipinski definition) is 2. The molecule has 1 heterocycles. The van der Waals surface area contributed by atoms with Gasteiger partial charge in [0.15, 0.2) is 5.96 Å². The Morgan fingerprint density at radius 2 is 1.73 bits per heavy atom. The Kier molecular flexibility index (Phi) is 9.08. The highest BCUT2D eigenvalue weighted by molar-refractivity contribution is 5.80. The molecule has 2 N–H and O–H groups in total. The summed E-state index contributed by atoms with van der Waals surface area (Å²) >= 11 is 0. The molecule has 0 aliphatic carbocycles. The fourth-order valence-electron chi connectivity index (χ4n) is 3.63. The zero-order valence-corrected chi connectivity index (χ0v) is 19.1. The van der Waals surface area contributed by atoms with E-state index in [0.29, 0.717) is 24.8 Å². The average molecular weight is 421 g/mol. The van der Waals surface area contributed by atoms with Gasteiger partial charge >= 0.3 is 0 Å². The molecular weight excluding hydrogens is 384 g/mol. The number of piperidine rings is 1. The van der Waals surface area contributed by atoms with Gasteiger partial charge in [0.1, 0.15) is 17.2 Å². The van der Waals surface area contributed by atoms with Crippen molar-refractivity contribution in [3.8, 4) is 17.2 Å². The second-order valence-electron chi connectivity index (χ2n) is 7.66. The normalized spacial score (nSPS) is 15.2. The van der Waals surface area contributed by atoms with Crippen molar-refractivity contribution in [3.05, 3.63) is 17.7 Å². The Morgan fingerprint density at radius 1 is 1.13 bits per heavy atom. The van der Waals surface area contributed by atoms with Crippen molar-refractivity contribution in [2.75, 3.05) is 48.0 Å². The van der Waals surface area contributed by atoms with Gasteiger partial charge in [-0.3, -0.25) is 9.79 Å². The first kappa shape index (κ1) is 23.6. The van der Waals surface area contributed by atoms with Gasteiger partial charge in [0.25, 0.3) is 0 Å². The molecule has 1 aromatic rings. The van der Waals surface area contributed by atoms with Crippen LogP contribution >= 0.6 is 0 Å². The smallest absolute Gasteiger partial charge is 0.225 e. The molecule has 0 aromatic heterocycles. The van der Waals surface area contributed by atoms with Gasteiger partial charge in [-0.2, -0.15) is 0 Å². The van der Waals surface area contributed by atoms with Gasteiger partial charge in [-0.15, -0.1) is 0 Å². The number of amides is 1. The van der Waals surface area contributed by atoms with E-state index in [1.165, 1.54) is 0 Å². The maximum Gasteiger partial charge on any atom is 0.225 e. The predicted octanol–water partition coefficient (Wildman–Crippen LogP) is 2.07. The number of nitrogens with one attached hydrogen (secondary N) is 2. The molecule has 0 unspecified atom stereocenters. The number of likely N-dealkylation sites (tertiary alicyclic amines) is 1. The standard InChI is InChI=1S/C22H36N4O4/c1-15(2)21(27)26-11-8-16(9-12-26)25-22(23-3)24-10-7-18-19(29-5)13-17(28-4)14-20(18)30-6/h13-16H,7-12H2,1-6H3,(H2,23,24,25). The Morgan fingerprint density at radius 3 is 2.20 bits per heavy atom. The lowest BCUT2D eigenvalue weighted by molar-refractivity contribution is -0.135. The SMILES string of the molecule is CN=C(NCCc1c(OC)cc(OC)cc1OC)NC1CCN(C(=O)C(C)C)CC1. The molecule has 1 fully saturated rings. The van der Waals surface area contributed by atoms with Crippen LogP contribution in [0.4, 0.5) is 0 Å². The van der Waals surface area contributed by atoms with Crippen LogP contribution in [0.3, 0.4) is 0 Å². The summed E-state index contributed by atoms with van der Waals surface area (Å²) < 4.78 is 16.3. The van der Waals surface area contributed by atoms with E-state index in [9.17, 15) is 4.79 Å². The first-order chi connectivity index (χ1) is 14.4. The maximum atomic E-state index is 12.1. The van der Waals surface area contributed by atoms with Crippen LogP contribution < -0.4 is 24.8 Å². The Labute approximate surface area is 180 Å². The number of carbonyl (C=O) groups is 1. The molecule has 0 spiro atoms. The molecule has 168 valence electrons. The zero-order valence-electron chi connectivity index (χ0n) is 19.1. The van der Waals surface area contributed by atoms with Gasteiger partial charge in [0.05, 0.1) is 21.3 Å². The quantitative estimate of drug-likeness (QED) is 0.495. The summed E-state index contributed by atoms with van der Waals surface area (Å²) in [6.07, 6.45) is 2.54. The second kappa shape index (κ2) is 11.5. The number of benzene rings is 1. The van der Waals surface area contributed by atoms with Gasteiger partial charge in [0.2, 0.25) is 5.91 Å². The van der Waals surface area contributed by atoms with Crippen LogP contribution in [-0.4, -0.2) is 70.8 Å². The second-order valence-corrected chi connectivity index (χ2v) is 7.66. The Balaban J connectivity index is 1.88. The van der Waals surface area contributed by atoms with Gasteiger partial charge in [-0.25, -0.2) is 0 Å². The molecule has 1 saturated heterocycles. The molecule has 0 atom stereocenters. The van der Waals surface area contributed by atoms with Gasteiger partial charge in [-0.1, -0.05) is 13.8 Å². The number of nitrogens with zero attached hydrogens (tertiary/aromatic N) is 2. The number of carbonyl (C=O) groups excluding carboxylic acids is 1. The summed E-state index contributed by atoms with van der Waals surface area (Å²) in [7, 11) is 6.67. The van der Waals surface area contributed by atoms with Gasteiger partial charge in [0, 0.05) is 56.3 Å². The largest absolute Gasteiger partial charge is 0.496 e. The number of methoxy groups -OCH3 is 3. The molecule has 2 rings (SSSR count). The minimum atomic E-state index is 0.0517. The third kappa shape index (κ3) is 6.18. The summed E-state index contributed by atoms with van der Waals surface area (Å²) in [5.74, 6) is 3.21. The van der Waals surface area contributed by atoms with Crippen LogP contribution in [0.1, 0.15) is 32.3 Å². The van der Waals surface area contributed by atoms with E-state index in [1.54, 1.807) is 28.4 Å². The van der Waals surface area contributed by atoms with Gasteiger partial charge in [-0.05, 0) is 19.3 Å². The van der Waals surface area contributed by atoms with Crippen LogP contribution in [0.2, 0.25) is 0 Å². The number of guanidine groups is 1. The molecule has 0 bridgehead atoms. The van der Waals surface area contributed by atoms with E-state index in [-0.39, 0.29) is 11.8 Å². The summed E-state index contributed by atoms with van der Waals surface area (Å²) in [6.45, 7) is 6.14. The summed E-state index contributed by atoms with van der Waals surface area (Å²) in [5.41, 5.74) is 0.976. The average Bonchev–Trinajstić information content (AvgIpc) is 2.77. The van der Waals surface area contributed by atoms with E-state index in [4.69, 9.17) is 14.2 Å². The highest BCUT2D eigenvalue weighted by atomic mass is 16.5. The van der Waals surface area contributed by atoms with E-state index >= 15 is 0 Å². The first-order valence-corrected chi connectivity index (χ1v) is 10.5. The highest BCUT2D eigenvalue weighted by Gasteiger charge is 2.24. The first-order valence-electron chi connectivity index (χ1n) is 10.5. The summed E-state index contributed by atoms with van der Waals surface area (Å²) in [6, 6.07) is 4.02. The fourth-order valence-corrected chi connectivity index (χ4v) is 3.63. The van der Waals surface area contributed by atoms with Crippen LogP contribution in [0.25, 0.3) is 0 Å². The lowest BCUT2D eigenvalue weighted by Crippen LogP contribution is -2.50. The van der Waals surface area contributed by atoms with Crippen molar-refractivity contribution in [3.63, 3.8) is 0 Å². The van der Waals surface area contributed by atoms with Crippen molar-refractivity contribution >= 4 is 11.9 Å². The zero-order chi connectivity index (χ0) is 22.1. The van der Waals surface area contributed by atoms with E-state index in [2.05, 4.69) is 15.6 Å². The third-order valence-corrected chi connectivity index (χ3v) is 5.35. The summed E-state index contributed by atoms with van der Waals surface area (Å²) in [4.78, 5) is 18.4. The van der Waals surface area contributed by atoms with Crippen molar-refractivity contribution in [1.29, 1.82) is 0 Å². The van der Waals surface area contributed by atoms with Crippen LogP contribution in [0, 0.1) is 5.92 Å².